The summed E-state index contributed by atoms with van der Waals surface area (Å²) in [5.74, 6) is 0.547. The lowest BCUT2D eigenvalue weighted by molar-refractivity contribution is 0.0751. The normalized spacial score (nSPS) is 14.8. The number of carbonyl (C=O) groups is 1. The number of nitrogens with zero attached hydrogens (tertiary/aromatic N) is 4. The van der Waals surface area contributed by atoms with Crippen LogP contribution in [0, 0.1) is 0 Å². The molecule has 0 radical (unpaired) electrons. The minimum absolute atomic E-state index is 0.0655. The highest BCUT2D eigenvalue weighted by Crippen LogP contribution is 2.18. The predicted molar refractivity (Wildman–Crippen MR) is 104 cm³/mol. The van der Waals surface area contributed by atoms with E-state index in [1.54, 1.807) is 4.57 Å². The molecule has 7 heteroatoms. The molecule has 134 valence electrons. The van der Waals surface area contributed by atoms with Crippen molar-refractivity contribution in [2.45, 2.75) is 13.5 Å². The molecule has 1 amide bonds. The molecule has 1 saturated heterocycles. The number of benzene rings is 1. The summed E-state index contributed by atoms with van der Waals surface area (Å²) in [5.41, 5.74) is 1.61. The summed E-state index contributed by atoms with van der Waals surface area (Å²) in [6, 6.07) is 11.5. The van der Waals surface area contributed by atoms with Crippen molar-refractivity contribution < 1.29 is 4.79 Å². The number of fused-ring (bicyclic) bond motifs is 1. The van der Waals surface area contributed by atoms with Crippen LogP contribution in [0.25, 0.3) is 11.0 Å². The van der Waals surface area contributed by atoms with Crippen molar-refractivity contribution in [2.75, 3.05) is 31.1 Å². The fourth-order valence-electron chi connectivity index (χ4n) is 3.38. The van der Waals surface area contributed by atoms with Crippen molar-refractivity contribution in [3.8, 4) is 0 Å². The van der Waals surface area contributed by atoms with Crippen molar-refractivity contribution >= 4 is 34.1 Å². The van der Waals surface area contributed by atoms with Crippen LogP contribution in [-0.2, 0) is 6.54 Å². The number of amides is 1. The molecule has 0 spiro atoms. The molecule has 0 atom stereocenters. The Morgan fingerprint density at radius 2 is 1.88 bits per heavy atom. The van der Waals surface area contributed by atoms with Crippen LogP contribution in [0.5, 0.6) is 0 Å². The van der Waals surface area contributed by atoms with Crippen LogP contribution in [0.4, 0.5) is 5.82 Å². The Hall–Kier alpha value is -2.67. The number of hydrogen-bond acceptors (Lipinski definition) is 5. The van der Waals surface area contributed by atoms with Gasteiger partial charge in [-0.2, -0.15) is 0 Å². The zero-order chi connectivity index (χ0) is 18.1. The topological polar surface area (TPSA) is 58.4 Å². The van der Waals surface area contributed by atoms with E-state index in [9.17, 15) is 9.59 Å². The first kappa shape index (κ1) is 16.8. The van der Waals surface area contributed by atoms with Crippen molar-refractivity contribution in [3.05, 3.63) is 57.0 Å². The van der Waals surface area contributed by atoms with Crippen molar-refractivity contribution in [1.82, 2.24) is 14.5 Å². The van der Waals surface area contributed by atoms with Crippen LogP contribution in [0.3, 0.4) is 0 Å². The van der Waals surface area contributed by atoms with Crippen molar-refractivity contribution in [2.24, 2.45) is 0 Å². The first-order chi connectivity index (χ1) is 12.7. The number of para-hydroxylation sites is 2. The zero-order valence-corrected chi connectivity index (χ0v) is 15.4. The highest BCUT2D eigenvalue weighted by Gasteiger charge is 2.25. The summed E-state index contributed by atoms with van der Waals surface area (Å²) in [6.07, 6.45) is 0. The average Bonchev–Trinajstić information content (AvgIpc) is 3.22. The molecule has 1 aromatic carbocycles. The summed E-state index contributed by atoms with van der Waals surface area (Å²) in [4.78, 5) is 34.6. The second kappa shape index (κ2) is 6.92. The molecule has 0 saturated carbocycles. The standard InChI is InChI=1S/C19H20N4O2S/c1-2-23-15-7-4-3-6-14(15)20-17(19(23)25)21-9-11-22(12-10-21)18(24)16-8-5-13-26-16/h3-8,13H,2,9-12H2,1H3. The lowest BCUT2D eigenvalue weighted by Crippen LogP contribution is -2.50. The van der Waals surface area contributed by atoms with Crippen LogP contribution in [0.2, 0.25) is 0 Å². The molecule has 0 aliphatic carbocycles. The third-order valence-corrected chi connectivity index (χ3v) is 5.61. The molecule has 0 unspecified atom stereocenters. The third-order valence-electron chi connectivity index (χ3n) is 4.75. The number of hydrogen-bond donors (Lipinski definition) is 0. The van der Waals surface area contributed by atoms with E-state index in [-0.39, 0.29) is 11.5 Å². The first-order valence-corrected chi connectivity index (χ1v) is 9.64. The van der Waals surface area contributed by atoms with E-state index in [0.717, 1.165) is 15.9 Å². The molecule has 6 nitrogen and oxygen atoms in total. The first-order valence-electron chi connectivity index (χ1n) is 8.76. The van der Waals surface area contributed by atoms with Gasteiger partial charge >= 0.3 is 0 Å². The lowest BCUT2D eigenvalue weighted by atomic mass is 10.2. The predicted octanol–water partition coefficient (Wildman–Crippen LogP) is 2.44. The van der Waals surface area contributed by atoms with Gasteiger partial charge < -0.3 is 14.4 Å². The average molecular weight is 368 g/mol. The smallest absolute Gasteiger partial charge is 0.293 e. The quantitative estimate of drug-likeness (QED) is 0.713. The largest absolute Gasteiger partial charge is 0.348 e. The SMILES string of the molecule is CCn1c(=O)c(N2CCN(C(=O)c3cccs3)CC2)nc2ccccc21. The van der Waals surface area contributed by atoms with Gasteiger partial charge in [0.05, 0.1) is 15.9 Å². The van der Waals surface area contributed by atoms with Crippen molar-refractivity contribution in [3.63, 3.8) is 0 Å². The number of carbonyl (C=O) groups excluding carboxylic acids is 1. The van der Waals surface area contributed by atoms with E-state index in [1.807, 2.05) is 58.5 Å². The van der Waals surface area contributed by atoms with Gasteiger partial charge in [0.1, 0.15) is 0 Å². The van der Waals surface area contributed by atoms with E-state index in [4.69, 9.17) is 0 Å². The van der Waals surface area contributed by atoms with Crippen LogP contribution < -0.4 is 10.5 Å². The summed E-state index contributed by atoms with van der Waals surface area (Å²) < 4.78 is 1.76. The molecule has 3 aromatic rings. The van der Waals surface area contributed by atoms with E-state index in [2.05, 4.69) is 4.98 Å². The monoisotopic (exact) mass is 368 g/mol. The van der Waals surface area contributed by atoms with Gasteiger partial charge in [0.25, 0.3) is 11.5 Å². The second-order valence-electron chi connectivity index (χ2n) is 6.23. The molecule has 1 aliphatic rings. The van der Waals surface area contributed by atoms with E-state index < -0.39 is 0 Å². The number of anilines is 1. The number of thiophene rings is 1. The van der Waals surface area contributed by atoms with E-state index in [1.165, 1.54) is 11.3 Å². The molecule has 3 heterocycles. The van der Waals surface area contributed by atoms with E-state index in [0.29, 0.717) is 38.5 Å². The van der Waals surface area contributed by atoms with Gasteiger partial charge in [0.15, 0.2) is 5.82 Å². The Kier molecular flexibility index (Phi) is 4.46. The molecule has 26 heavy (non-hydrogen) atoms. The van der Waals surface area contributed by atoms with Gasteiger partial charge in [-0.1, -0.05) is 18.2 Å². The Labute approximate surface area is 155 Å². The molecule has 2 aromatic heterocycles. The maximum absolute atomic E-state index is 12.9. The molecular weight excluding hydrogens is 348 g/mol. The maximum Gasteiger partial charge on any atom is 0.293 e. The van der Waals surface area contributed by atoms with Crippen LogP contribution in [0.15, 0.2) is 46.6 Å². The molecule has 0 N–H and O–H groups in total. The highest BCUT2D eigenvalue weighted by molar-refractivity contribution is 7.12. The Morgan fingerprint density at radius 3 is 2.58 bits per heavy atom. The number of piperazine rings is 1. The zero-order valence-electron chi connectivity index (χ0n) is 14.6. The van der Waals surface area contributed by atoms with E-state index >= 15 is 0 Å². The Morgan fingerprint density at radius 1 is 1.12 bits per heavy atom. The van der Waals surface area contributed by atoms with Gasteiger partial charge in [-0.3, -0.25) is 9.59 Å². The number of rotatable bonds is 3. The van der Waals surface area contributed by atoms with Gasteiger partial charge in [-0.05, 0) is 30.5 Å². The Bertz CT molecular complexity index is 988. The Balaban J connectivity index is 1.59. The summed E-state index contributed by atoms with van der Waals surface area (Å²) >= 11 is 1.46. The number of aromatic nitrogens is 2. The van der Waals surface area contributed by atoms with Crippen LogP contribution in [-0.4, -0.2) is 46.5 Å². The molecule has 1 fully saturated rings. The molecule has 4 rings (SSSR count). The van der Waals surface area contributed by atoms with Gasteiger partial charge in [0.2, 0.25) is 0 Å². The molecular formula is C19H20N4O2S. The fraction of sp³-hybridized carbons (Fsp3) is 0.316. The maximum atomic E-state index is 12.9. The lowest BCUT2D eigenvalue weighted by Gasteiger charge is -2.35. The molecule has 0 bridgehead atoms. The van der Waals surface area contributed by atoms with Crippen LogP contribution >= 0.6 is 11.3 Å². The third kappa shape index (κ3) is 2.88. The fourth-order valence-corrected chi connectivity index (χ4v) is 4.07. The summed E-state index contributed by atoms with van der Waals surface area (Å²) in [7, 11) is 0. The van der Waals surface area contributed by atoms with Gasteiger partial charge in [-0.15, -0.1) is 11.3 Å². The highest BCUT2D eigenvalue weighted by atomic mass is 32.1. The second-order valence-corrected chi connectivity index (χ2v) is 7.18. The van der Waals surface area contributed by atoms with Crippen molar-refractivity contribution in [1.29, 1.82) is 0 Å². The minimum atomic E-state index is -0.0655. The van der Waals surface area contributed by atoms with Gasteiger partial charge in [-0.25, -0.2) is 4.98 Å². The number of aryl methyl sites for hydroxylation is 1. The summed E-state index contributed by atoms with van der Waals surface area (Å²) in [6.45, 7) is 4.98. The van der Waals surface area contributed by atoms with Crippen LogP contribution in [0.1, 0.15) is 16.6 Å². The van der Waals surface area contributed by atoms with Gasteiger partial charge in [0, 0.05) is 32.7 Å². The summed E-state index contributed by atoms with van der Waals surface area (Å²) in [5, 5.41) is 1.91. The molecule has 1 aliphatic heterocycles. The minimum Gasteiger partial charge on any atom is -0.348 e.